The number of nitrogens with zero attached hydrogens (tertiary/aromatic N) is 1. The minimum absolute atomic E-state index is 0.306. The van der Waals surface area contributed by atoms with E-state index in [0.29, 0.717) is 13.0 Å². The summed E-state index contributed by atoms with van der Waals surface area (Å²) in [4.78, 5) is 14.6. The van der Waals surface area contributed by atoms with Gasteiger partial charge in [-0.25, -0.2) is 0 Å². The van der Waals surface area contributed by atoms with Crippen molar-refractivity contribution < 1.29 is 14.6 Å². The summed E-state index contributed by atoms with van der Waals surface area (Å²) < 4.78 is 5.51. The van der Waals surface area contributed by atoms with Crippen LogP contribution >= 0.6 is 0 Å². The van der Waals surface area contributed by atoms with Gasteiger partial charge >= 0.3 is 0 Å². The van der Waals surface area contributed by atoms with Crippen molar-refractivity contribution in [2.24, 2.45) is 5.92 Å². The zero-order valence-corrected chi connectivity index (χ0v) is 17.7. The molecule has 1 aromatic rings. The van der Waals surface area contributed by atoms with E-state index in [9.17, 15) is 9.90 Å². The van der Waals surface area contributed by atoms with Gasteiger partial charge in [-0.15, -0.1) is 0 Å². The van der Waals surface area contributed by atoms with Crippen LogP contribution in [0.1, 0.15) is 84.4 Å². The summed E-state index contributed by atoms with van der Waals surface area (Å²) in [6.07, 6.45) is 9.78. The number of hydrogen-bond donors (Lipinski definition) is 1. The number of aromatic nitrogens is 1. The van der Waals surface area contributed by atoms with Crippen LogP contribution < -0.4 is 4.74 Å². The molecule has 1 saturated carbocycles. The molecule has 0 spiro atoms. The second-order valence-electron chi connectivity index (χ2n) is 7.05. The van der Waals surface area contributed by atoms with Crippen LogP contribution in [0, 0.1) is 12.8 Å². The van der Waals surface area contributed by atoms with Gasteiger partial charge in [0.15, 0.2) is 0 Å². The lowest BCUT2D eigenvalue weighted by Gasteiger charge is -2.40. The number of ether oxygens (including phenoxy) is 1. The van der Waals surface area contributed by atoms with Crippen LogP contribution in [0.5, 0.6) is 5.75 Å². The van der Waals surface area contributed by atoms with Crippen molar-refractivity contribution in [2.45, 2.75) is 92.1 Å². The van der Waals surface area contributed by atoms with Crippen molar-refractivity contribution in [3.63, 3.8) is 0 Å². The second kappa shape index (κ2) is 13.7. The number of unbranched alkanes of at least 4 members (excludes halogenated alkanes) is 1. The summed E-state index contributed by atoms with van der Waals surface area (Å²) in [5, 5.41) is 9.31. The summed E-state index contributed by atoms with van der Waals surface area (Å²) in [5.41, 5.74) is 1.53. The maximum absolute atomic E-state index is 10.4. The Morgan fingerprint density at radius 2 is 1.96 bits per heavy atom. The first kappa shape index (κ1) is 24.6. The molecule has 1 aliphatic carbocycles. The van der Waals surface area contributed by atoms with Crippen molar-refractivity contribution in [1.29, 1.82) is 0 Å². The largest absolute Gasteiger partial charge is 0.492 e. The average Bonchev–Trinajstić information content (AvgIpc) is 2.59. The second-order valence-corrected chi connectivity index (χ2v) is 7.05. The summed E-state index contributed by atoms with van der Waals surface area (Å²) in [6, 6.07) is 1.90. The van der Waals surface area contributed by atoms with Crippen molar-refractivity contribution in [3.05, 3.63) is 23.5 Å². The van der Waals surface area contributed by atoms with Gasteiger partial charge in [0.2, 0.25) is 0 Å². The fourth-order valence-electron chi connectivity index (χ4n) is 3.06. The average molecular weight is 366 g/mol. The number of hydrogen-bond acceptors (Lipinski definition) is 4. The predicted molar refractivity (Wildman–Crippen MR) is 109 cm³/mol. The van der Waals surface area contributed by atoms with E-state index >= 15 is 0 Å². The summed E-state index contributed by atoms with van der Waals surface area (Å²) >= 11 is 0. The van der Waals surface area contributed by atoms with Crippen LogP contribution in [-0.2, 0) is 11.2 Å². The molecule has 0 saturated heterocycles. The lowest BCUT2D eigenvalue weighted by molar-refractivity contribution is -0.107. The van der Waals surface area contributed by atoms with Gasteiger partial charge in [-0.1, -0.05) is 47.0 Å². The lowest BCUT2D eigenvalue weighted by atomic mass is 9.70. The number of carbonyl (C=O) groups excluding carboxylic acids is 1. The third-order valence-electron chi connectivity index (χ3n) is 4.39. The smallest absolute Gasteiger partial charge is 0.137 e. The van der Waals surface area contributed by atoms with Gasteiger partial charge in [0.25, 0.3) is 0 Å². The predicted octanol–water partition coefficient (Wildman–Crippen LogP) is 5.28. The fourth-order valence-corrected chi connectivity index (χ4v) is 3.06. The maximum Gasteiger partial charge on any atom is 0.137 e. The molecular weight excluding hydrogens is 326 g/mol. The summed E-state index contributed by atoms with van der Waals surface area (Å²) in [7, 11) is 0. The molecule has 0 aromatic carbocycles. The van der Waals surface area contributed by atoms with E-state index in [-0.39, 0.29) is 5.60 Å². The van der Waals surface area contributed by atoms with Gasteiger partial charge in [0, 0.05) is 12.1 Å². The Morgan fingerprint density at radius 3 is 2.46 bits per heavy atom. The Bertz CT molecular complexity index is 492. The van der Waals surface area contributed by atoms with E-state index in [1.165, 1.54) is 12.8 Å². The highest BCUT2D eigenvalue weighted by atomic mass is 16.5. The Balaban J connectivity index is 0.000000484. The first-order chi connectivity index (χ1) is 12.4. The molecule has 2 rings (SSSR count). The van der Waals surface area contributed by atoms with Crippen molar-refractivity contribution in [3.8, 4) is 5.75 Å². The zero-order valence-electron chi connectivity index (χ0n) is 17.7. The number of aliphatic hydroxyl groups is 1. The Morgan fingerprint density at radius 1 is 1.31 bits per heavy atom. The molecule has 0 unspecified atom stereocenters. The SMILES string of the molecule is CC.CCCC1CC(C)(O)C1.CCCCOc1cnc(C)c(CC=O)c1. The molecule has 1 heterocycles. The standard InChI is InChI=1S/C12H17NO2.C8H16O.C2H6/c1-3-4-7-15-12-8-11(5-6-14)10(2)13-9-12;1-3-4-7-5-8(2,9)6-7;1-2/h6,8-9H,3-5,7H2,1-2H3;7,9H,3-6H2,1-2H3;1-2H3. The number of pyridine rings is 1. The Kier molecular flexibility index (Phi) is 13.0. The molecule has 1 fully saturated rings. The molecule has 0 amide bonds. The van der Waals surface area contributed by atoms with Crippen LogP contribution in [0.3, 0.4) is 0 Å². The van der Waals surface area contributed by atoms with Crippen molar-refractivity contribution in [1.82, 2.24) is 4.98 Å². The van der Waals surface area contributed by atoms with E-state index in [1.807, 2.05) is 33.8 Å². The van der Waals surface area contributed by atoms with Crippen LogP contribution in [0.15, 0.2) is 12.3 Å². The minimum atomic E-state index is -0.306. The molecule has 1 aromatic heterocycles. The quantitative estimate of drug-likeness (QED) is 0.503. The van der Waals surface area contributed by atoms with Gasteiger partial charge in [-0.05, 0) is 50.7 Å². The topological polar surface area (TPSA) is 59.4 Å². The van der Waals surface area contributed by atoms with E-state index in [2.05, 4.69) is 18.8 Å². The minimum Gasteiger partial charge on any atom is -0.492 e. The molecule has 4 heteroatoms. The first-order valence-electron chi connectivity index (χ1n) is 10.2. The molecule has 1 aliphatic rings. The van der Waals surface area contributed by atoms with Gasteiger partial charge in [-0.2, -0.15) is 0 Å². The third-order valence-corrected chi connectivity index (χ3v) is 4.39. The van der Waals surface area contributed by atoms with Crippen LogP contribution in [-0.4, -0.2) is 28.6 Å². The Hall–Kier alpha value is -1.42. The van der Waals surface area contributed by atoms with Crippen LogP contribution in [0.2, 0.25) is 0 Å². The molecule has 4 nitrogen and oxygen atoms in total. The molecule has 0 atom stereocenters. The van der Waals surface area contributed by atoms with E-state index < -0.39 is 0 Å². The van der Waals surface area contributed by atoms with E-state index in [4.69, 9.17) is 4.74 Å². The fraction of sp³-hybridized carbons (Fsp3) is 0.727. The van der Waals surface area contributed by atoms with Crippen molar-refractivity contribution >= 4 is 6.29 Å². The molecule has 26 heavy (non-hydrogen) atoms. The normalized spacial score (nSPS) is 20.7. The van der Waals surface area contributed by atoms with Gasteiger partial charge in [0.1, 0.15) is 12.0 Å². The highest BCUT2D eigenvalue weighted by molar-refractivity contribution is 5.56. The molecule has 0 radical (unpaired) electrons. The van der Waals surface area contributed by atoms with Gasteiger partial charge in [-0.3, -0.25) is 4.98 Å². The highest BCUT2D eigenvalue weighted by Gasteiger charge is 2.37. The van der Waals surface area contributed by atoms with Crippen molar-refractivity contribution in [2.75, 3.05) is 6.61 Å². The van der Waals surface area contributed by atoms with E-state index in [0.717, 1.165) is 54.9 Å². The molecule has 0 aliphatic heterocycles. The van der Waals surface area contributed by atoms with Crippen LogP contribution in [0.25, 0.3) is 0 Å². The third kappa shape index (κ3) is 9.91. The highest BCUT2D eigenvalue weighted by Crippen LogP contribution is 2.39. The number of carbonyl (C=O) groups is 1. The monoisotopic (exact) mass is 365 g/mol. The zero-order chi connectivity index (χ0) is 20.0. The summed E-state index contributed by atoms with van der Waals surface area (Å²) in [6.45, 7) is 12.9. The lowest BCUT2D eigenvalue weighted by Crippen LogP contribution is -2.40. The number of aryl methyl sites for hydroxylation is 1. The maximum atomic E-state index is 10.4. The molecule has 150 valence electrons. The molecular formula is C22H39NO3. The molecule has 1 N–H and O–H groups in total. The van der Waals surface area contributed by atoms with Gasteiger partial charge < -0.3 is 14.6 Å². The van der Waals surface area contributed by atoms with Gasteiger partial charge in [0.05, 0.1) is 18.4 Å². The first-order valence-corrected chi connectivity index (χ1v) is 10.2. The van der Waals surface area contributed by atoms with Crippen LogP contribution in [0.4, 0.5) is 0 Å². The Labute approximate surface area is 160 Å². The molecule has 0 bridgehead atoms. The number of rotatable bonds is 8. The van der Waals surface area contributed by atoms with E-state index in [1.54, 1.807) is 6.20 Å². The number of aldehydes is 1. The summed E-state index contributed by atoms with van der Waals surface area (Å²) in [5.74, 6) is 1.58.